The highest BCUT2D eigenvalue weighted by Gasteiger charge is 2.20. The van der Waals surface area contributed by atoms with Crippen molar-refractivity contribution in [2.24, 2.45) is 0 Å². The summed E-state index contributed by atoms with van der Waals surface area (Å²) in [5, 5.41) is 3.56. The first-order valence-corrected chi connectivity index (χ1v) is 7.78. The number of benzene rings is 1. The molecule has 0 atom stereocenters. The summed E-state index contributed by atoms with van der Waals surface area (Å²) in [5.74, 6) is 0.837. The lowest BCUT2D eigenvalue weighted by Gasteiger charge is -2.11. The third-order valence-electron chi connectivity index (χ3n) is 4.12. The molecular formula is C18H23N3. The van der Waals surface area contributed by atoms with Crippen LogP contribution in [-0.4, -0.2) is 22.6 Å². The number of nitrogens with zero attached hydrogens (tertiary/aromatic N) is 2. The predicted molar refractivity (Wildman–Crippen MR) is 86.4 cm³/mol. The van der Waals surface area contributed by atoms with Crippen LogP contribution in [0.25, 0.3) is 11.4 Å². The first-order valence-electron chi connectivity index (χ1n) is 7.78. The van der Waals surface area contributed by atoms with Crippen molar-refractivity contribution in [3.05, 3.63) is 46.8 Å². The average molecular weight is 281 g/mol. The Bertz CT molecular complexity index is 604. The zero-order valence-corrected chi connectivity index (χ0v) is 13.1. The van der Waals surface area contributed by atoms with E-state index in [2.05, 4.69) is 50.4 Å². The van der Waals surface area contributed by atoms with Crippen LogP contribution in [-0.2, 0) is 6.42 Å². The zero-order chi connectivity index (χ0) is 14.8. The van der Waals surface area contributed by atoms with E-state index in [4.69, 9.17) is 9.97 Å². The fourth-order valence-electron chi connectivity index (χ4n) is 2.62. The Morgan fingerprint density at radius 2 is 1.62 bits per heavy atom. The third kappa shape index (κ3) is 3.48. The van der Waals surface area contributed by atoms with Crippen molar-refractivity contribution in [2.75, 3.05) is 6.54 Å². The van der Waals surface area contributed by atoms with Crippen LogP contribution in [0.3, 0.4) is 0 Å². The Balaban J connectivity index is 1.79. The van der Waals surface area contributed by atoms with Crippen molar-refractivity contribution in [3.63, 3.8) is 0 Å². The van der Waals surface area contributed by atoms with Crippen molar-refractivity contribution in [1.29, 1.82) is 0 Å². The van der Waals surface area contributed by atoms with Gasteiger partial charge in [-0.25, -0.2) is 9.97 Å². The summed E-state index contributed by atoms with van der Waals surface area (Å²) in [6.07, 6.45) is 3.68. The number of rotatable bonds is 5. The maximum absolute atomic E-state index is 4.71. The molecule has 1 aliphatic rings. The summed E-state index contributed by atoms with van der Waals surface area (Å²) in [7, 11) is 0. The molecule has 1 aromatic carbocycles. The standard InChI is InChI=1S/C18H23N3/c1-12-4-6-15(7-5-12)18-20-13(2)17(14(3)21-18)10-11-19-16-8-9-16/h4-7,16,19H,8-11H2,1-3H3. The Kier molecular flexibility index (Phi) is 4.02. The minimum atomic E-state index is 0.762. The van der Waals surface area contributed by atoms with E-state index in [1.54, 1.807) is 0 Å². The first-order chi connectivity index (χ1) is 10.1. The Hall–Kier alpha value is -1.74. The number of hydrogen-bond donors (Lipinski definition) is 1. The largest absolute Gasteiger partial charge is 0.314 e. The second-order valence-corrected chi connectivity index (χ2v) is 6.04. The molecule has 1 heterocycles. The lowest BCUT2D eigenvalue weighted by atomic mass is 10.1. The van der Waals surface area contributed by atoms with Crippen LogP contribution in [0, 0.1) is 20.8 Å². The van der Waals surface area contributed by atoms with Gasteiger partial charge in [0.05, 0.1) is 0 Å². The highest BCUT2D eigenvalue weighted by Crippen LogP contribution is 2.21. The van der Waals surface area contributed by atoms with Crippen LogP contribution in [0.2, 0.25) is 0 Å². The topological polar surface area (TPSA) is 37.8 Å². The van der Waals surface area contributed by atoms with E-state index in [9.17, 15) is 0 Å². The second-order valence-electron chi connectivity index (χ2n) is 6.04. The highest BCUT2D eigenvalue weighted by molar-refractivity contribution is 5.56. The quantitative estimate of drug-likeness (QED) is 0.913. The van der Waals surface area contributed by atoms with Gasteiger partial charge in [0.2, 0.25) is 0 Å². The van der Waals surface area contributed by atoms with Crippen LogP contribution in [0.5, 0.6) is 0 Å². The molecule has 1 aliphatic carbocycles. The fraction of sp³-hybridized carbons (Fsp3) is 0.444. The number of aryl methyl sites for hydroxylation is 3. The van der Waals surface area contributed by atoms with Crippen molar-refractivity contribution >= 4 is 0 Å². The van der Waals surface area contributed by atoms with Gasteiger partial charge in [-0.2, -0.15) is 0 Å². The second kappa shape index (κ2) is 5.94. The lowest BCUT2D eigenvalue weighted by molar-refractivity contribution is 0.675. The Morgan fingerprint density at radius 3 is 2.19 bits per heavy atom. The predicted octanol–water partition coefficient (Wildman–Crippen LogP) is 3.36. The molecule has 1 saturated carbocycles. The molecule has 21 heavy (non-hydrogen) atoms. The van der Waals surface area contributed by atoms with Gasteiger partial charge in [-0.1, -0.05) is 29.8 Å². The van der Waals surface area contributed by atoms with Crippen LogP contribution >= 0.6 is 0 Å². The number of hydrogen-bond acceptors (Lipinski definition) is 3. The van der Waals surface area contributed by atoms with Gasteiger partial charge in [0.15, 0.2) is 5.82 Å². The molecule has 3 rings (SSSR count). The van der Waals surface area contributed by atoms with Gasteiger partial charge in [0.25, 0.3) is 0 Å². The van der Waals surface area contributed by atoms with Crippen molar-refractivity contribution < 1.29 is 0 Å². The van der Waals surface area contributed by atoms with E-state index in [-0.39, 0.29) is 0 Å². The molecule has 1 fully saturated rings. The molecule has 1 N–H and O–H groups in total. The van der Waals surface area contributed by atoms with E-state index in [1.165, 1.54) is 24.0 Å². The Labute approximate surface area is 126 Å². The molecule has 3 nitrogen and oxygen atoms in total. The summed E-state index contributed by atoms with van der Waals surface area (Å²) in [5.41, 5.74) is 5.86. The molecular weight excluding hydrogens is 258 g/mol. The summed E-state index contributed by atoms with van der Waals surface area (Å²) in [6.45, 7) is 7.31. The van der Waals surface area contributed by atoms with E-state index < -0.39 is 0 Å². The van der Waals surface area contributed by atoms with Gasteiger partial charge in [0, 0.05) is 23.0 Å². The van der Waals surface area contributed by atoms with Crippen LogP contribution < -0.4 is 5.32 Å². The van der Waals surface area contributed by atoms with Crippen LogP contribution in [0.1, 0.15) is 35.4 Å². The van der Waals surface area contributed by atoms with Gasteiger partial charge in [-0.15, -0.1) is 0 Å². The molecule has 1 aromatic heterocycles. The molecule has 0 saturated heterocycles. The molecule has 0 radical (unpaired) electrons. The highest BCUT2D eigenvalue weighted by atomic mass is 14.9. The van der Waals surface area contributed by atoms with E-state index in [1.807, 2.05) is 0 Å². The van der Waals surface area contributed by atoms with Gasteiger partial charge < -0.3 is 5.32 Å². The monoisotopic (exact) mass is 281 g/mol. The molecule has 0 amide bonds. The van der Waals surface area contributed by atoms with Crippen molar-refractivity contribution in [2.45, 2.75) is 46.1 Å². The minimum Gasteiger partial charge on any atom is -0.314 e. The summed E-state index contributed by atoms with van der Waals surface area (Å²) in [6, 6.07) is 9.17. The summed E-state index contributed by atoms with van der Waals surface area (Å²) < 4.78 is 0. The lowest BCUT2D eigenvalue weighted by Crippen LogP contribution is -2.20. The minimum absolute atomic E-state index is 0.762. The zero-order valence-electron chi connectivity index (χ0n) is 13.1. The van der Waals surface area contributed by atoms with E-state index in [0.717, 1.165) is 41.8 Å². The van der Waals surface area contributed by atoms with E-state index in [0.29, 0.717) is 0 Å². The summed E-state index contributed by atoms with van der Waals surface area (Å²) >= 11 is 0. The molecule has 110 valence electrons. The van der Waals surface area contributed by atoms with Crippen molar-refractivity contribution in [3.8, 4) is 11.4 Å². The molecule has 3 heteroatoms. The van der Waals surface area contributed by atoms with Crippen LogP contribution in [0.15, 0.2) is 24.3 Å². The average Bonchev–Trinajstić information content (AvgIpc) is 3.26. The van der Waals surface area contributed by atoms with Crippen LogP contribution in [0.4, 0.5) is 0 Å². The van der Waals surface area contributed by atoms with Gasteiger partial charge in [-0.05, 0) is 52.1 Å². The maximum atomic E-state index is 4.71. The maximum Gasteiger partial charge on any atom is 0.159 e. The van der Waals surface area contributed by atoms with Gasteiger partial charge >= 0.3 is 0 Å². The normalized spacial score (nSPS) is 14.4. The third-order valence-corrected chi connectivity index (χ3v) is 4.12. The number of nitrogens with one attached hydrogen (secondary N) is 1. The smallest absolute Gasteiger partial charge is 0.159 e. The molecule has 0 unspecified atom stereocenters. The molecule has 2 aromatic rings. The van der Waals surface area contributed by atoms with E-state index >= 15 is 0 Å². The summed E-state index contributed by atoms with van der Waals surface area (Å²) in [4.78, 5) is 9.42. The first kappa shape index (κ1) is 14.2. The molecule has 0 aliphatic heterocycles. The van der Waals surface area contributed by atoms with Gasteiger partial charge in [-0.3, -0.25) is 0 Å². The SMILES string of the molecule is Cc1ccc(-c2nc(C)c(CCNC3CC3)c(C)n2)cc1. The fourth-order valence-corrected chi connectivity index (χ4v) is 2.62. The van der Waals surface area contributed by atoms with Crippen molar-refractivity contribution in [1.82, 2.24) is 15.3 Å². The van der Waals surface area contributed by atoms with Gasteiger partial charge in [0.1, 0.15) is 0 Å². The molecule has 0 bridgehead atoms. The molecule has 0 spiro atoms. The Morgan fingerprint density at radius 1 is 1.00 bits per heavy atom. The number of aromatic nitrogens is 2.